The second-order valence-corrected chi connectivity index (χ2v) is 6.67. The van der Waals surface area contributed by atoms with Crippen LogP contribution in [-0.4, -0.2) is 46.0 Å². The lowest BCUT2D eigenvalue weighted by Gasteiger charge is -2.36. The van der Waals surface area contributed by atoms with Gasteiger partial charge in [0.1, 0.15) is 5.82 Å². The molecule has 0 radical (unpaired) electrons. The van der Waals surface area contributed by atoms with Crippen LogP contribution >= 0.6 is 0 Å². The van der Waals surface area contributed by atoms with Gasteiger partial charge in [-0.2, -0.15) is 0 Å². The van der Waals surface area contributed by atoms with Crippen LogP contribution in [0.2, 0.25) is 0 Å². The molecule has 1 fully saturated rings. The SMILES string of the molecule is CC(=O)Nc1cc(C(=O)N2CC[C@H](O)[C@H](Cc3ccccc3)C2)ccn1. The van der Waals surface area contributed by atoms with E-state index in [1.165, 1.54) is 13.1 Å². The summed E-state index contributed by atoms with van der Waals surface area (Å²) in [5, 5.41) is 12.9. The van der Waals surface area contributed by atoms with Gasteiger partial charge in [-0.15, -0.1) is 0 Å². The van der Waals surface area contributed by atoms with Crippen molar-refractivity contribution in [1.29, 1.82) is 0 Å². The fraction of sp³-hybridized carbons (Fsp3) is 0.350. The summed E-state index contributed by atoms with van der Waals surface area (Å²) in [7, 11) is 0. The summed E-state index contributed by atoms with van der Waals surface area (Å²) in [6.45, 7) is 2.42. The van der Waals surface area contributed by atoms with Crippen molar-refractivity contribution >= 4 is 17.6 Å². The molecular formula is C20H23N3O3. The Bertz CT molecular complexity index is 779. The second kappa shape index (κ2) is 8.10. The highest BCUT2D eigenvalue weighted by molar-refractivity contribution is 5.96. The number of hydrogen-bond acceptors (Lipinski definition) is 4. The maximum absolute atomic E-state index is 12.8. The molecule has 6 nitrogen and oxygen atoms in total. The molecule has 0 unspecified atom stereocenters. The number of aliphatic hydroxyl groups is 1. The highest BCUT2D eigenvalue weighted by Gasteiger charge is 2.30. The molecule has 1 saturated heterocycles. The molecule has 2 N–H and O–H groups in total. The second-order valence-electron chi connectivity index (χ2n) is 6.67. The molecule has 0 saturated carbocycles. The fourth-order valence-electron chi connectivity index (χ4n) is 3.32. The normalized spacial score (nSPS) is 19.8. The van der Waals surface area contributed by atoms with Crippen LogP contribution in [0.1, 0.15) is 29.3 Å². The van der Waals surface area contributed by atoms with Crippen molar-refractivity contribution < 1.29 is 14.7 Å². The number of hydrogen-bond donors (Lipinski definition) is 2. The molecule has 2 amide bonds. The lowest BCUT2D eigenvalue weighted by Crippen LogP contribution is -2.46. The molecule has 2 aromatic rings. The molecule has 1 aromatic heterocycles. The lowest BCUT2D eigenvalue weighted by atomic mass is 9.88. The maximum Gasteiger partial charge on any atom is 0.254 e. The Morgan fingerprint density at radius 1 is 1.27 bits per heavy atom. The fourth-order valence-corrected chi connectivity index (χ4v) is 3.32. The van der Waals surface area contributed by atoms with Crippen LogP contribution in [-0.2, 0) is 11.2 Å². The van der Waals surface area contributed by atoms with Crippen molar-refractivity contribution in [3.05, 3.63) is 59.8 Å². The number of amides is 2. The first kappa shape index (κ1) is 18.1. The first-order valence-electron chi connectivity index (χ1n) is 8.78. The molecule has 3 rings (SSSR count). The van der Waals surface area contributed by atoms with E-state index < -0.39 is 6.10 Å². The van der Waals surface area contributed by atoms with E-state index in [2.05, 4.69) is 10.3 Å². The number of anilines is 1. The average Bonchev–Trinajstić information content (AvgIpc) is 2.63. The minimum Gasteiger partial charge on any atom is -0.393 e. The molecule has 26 heavy (non-hydrogen) atoms. The largest absolute Gasteiger partial charge is 0.393 e. The molecule has 2 atom stereocenters. The van der Waals surface area contributed by atoms with Crippen molar-refractivity contribution in [2.75, 3.05) is 18.4 Å². The monoisotopic (exact) mass is 353 g/mol. The Morgan fingerprint density at radius 3 is 2.77 bits per heavy atom. The Labute approximate surface area is 152 Å². The zero-order valence-corrected chi connectivity index (χ0v) is 14.8. The molecule has 1 aliphatic rings. The Hall–Kier alpha value is -2.73. The molecule has 0 spiro atoms. The molecule has 1 aromatic carbocycles. The zero-order valence-electron chi connectivity index (χ0n) is 14.8. The number of aliphatic hydroxyl groups excluding tert-OH is 1. The van der Waals surface area contributed by atoms with E-state index in [1.807, 2.05) is 30.3 Å². The van der Waals surface area contributed by atoms with Crippen molar-refractivity contribution in [3.8, 4) is 0 Å². The van der Waals surface area contributed by atoms with E-state index >= 15 is 0 Å². The quantitative estimate of drug-likeness (QED) is 0.882. The van der Waals surface area contributed by atoms with Gasteiger partial charge in [0, 0.05) is 37.7 Å². The van der Waals surface area contributed by atoms with Gasteiger partial charge in [0.15, 0.2) is 0 Å². The van der Waals surface area contributed by atoms with E-state index in [4.69, 9.17) is 0 Å². The van der Waals surface area contributed by atoms with Gasteiger partial charge in [0.05, 0.1) is 6.10 Å². The van der Waals surface area contributed by atoms with Gasteiger partial charge < -0.3 is 15.3 Å². The van der Waals surface area contributed by atoms with Crippen LogP contribution in [0.15, 0.2) is 48.7 Å². The van der Waals surface area contributed by atoms with Crippen LogP contribution in [0.5, 0.6) is 0 Å². The highest BCUT2D eigenvalue weighted by Crippen LogP contribution is 2.23. The van der Waals surface area contributed by atoms with Gasteiger partial charge in [-0.05, 0) is 30.5 Å². The van der Waals surface area contributed by atoms with Crippen molar-refractivity contribution in [3.63, 3.8) is 0 Å². The van der Waals surface area contributed by atoms with E-state index in [0.29, 0.717) is 30.9 Å². The Balaban J connectivity index is 1.70. The summed E-state index contributed by atoms with van der Waals surface area (Å²) in [4.78, 5) is 29.8. The van der Waals surface area contributed by atoms with E-state index in [0.717, 1.165) is 12.0 Å². The molecular weight excluding hydrogens is 330 g/mol. The van der Waals surface area contributed by atoms with E-state index in [9.17, 15) is 14.7 Å². The minimum atomic E-state index is -0.411. The van der Waals surface area contributed by atoms with Gasteiger partial charge >= 0.3 is 0 Å². The van der Waals surface area contributed by atoms with Crippen molar-refractivity contribution in [2.45, 2.75) is 25.9 Å². The number of rotatable bonds is 4. The summed E-state index contributed by atoms with van der Waals surface area (Å²) in [5.41, 5.74) is 1.64. The first-order chi connectivity index (χ1) is 12.5. The molecule has 0 aliphatic carbocycles. The van der Waals surface area contributed by atoms with Crippen LogP contribution < -0.4 is 5.32 Å². The molecule has 136 valence electrons. The van der Waals surface area contributed by atoms with Crippen molar-refractivity contribution in [1.82, 2.24) is 9.88 Å². The van der Waals surface area contributed by atoms with Crippen LogP contribution in [0, 0.1) is 5.92 Å². The number of aromatic nitrogens is 1. The summed E-state index contributed by atoms with van der Waals surface area (Å²) in [6.07, 6.45) is 2.40. The summed E-state index contributed by atoms with van der Waals surface area (Å²) >= 11 is 0. The number of piperidine rings is 1. The summed E-state index contributed by atoms with van der Waals surface area (Å²) < 4.78 is 0. The number of likely N-dealkylation sites (tertiary alicyclic amines) is 1. The number of pyridine rings is 1. The highest BCUT2D eigenvalue weighted by atomic mass is 16.3. The van der Waals surface area contributed by atoms with Gasteiger partial charge in [-0.3, -0.25) is 9.59 Å². The predicted molar refractivity (Wildman–Crippen MR) is 98.7 cm³/mol. The number of carbonyl (C=O) groups excluding carboxylic acids is 2. The van der Waals surface area contributed by atoms with E-state index in [-0.39, 0.29) is 17.7 Å². The number of benzene rings is 1. The lowest BCUT2D eigenvalue weighted by molar-refractivity contribution is -0.114. The molecule has 1 aliphatic heterocycles. The summed E-state index contributed by atoms with van der Waals surface area (Å²) in [5.74, 6) is 0.0306. The van der Waals surface area contributed by atoms with E-state index in [1.54, 1.807) is 17.0 Å². The summed E-state index contributed by atoms with van der Waals surface area (Å²) in [6, 6.07) is 13.2. The third-order valence-corrected chi connectivity index (χ3v) is 4.63. The number of carbonyl (C=O) groups is 2. The topological polar surface area (TPSA) is 82.5 Å². The van der Waals surface area contributed by atoms with Crippen molar-refractivity contribution in [2.24, 2.45) is 5.92 Å². The minimum absolute atomic E-state index is 0.00625. The number of nitrogens with one attached hydrogen (secondary N) is 1. The smallest absolute Gasteiger partial charge is 0.254 e. The predicted octanol–water partition coefficient (Wildman–Crippen LogP) is 2.11. The van der Waals surface area contributed by atoms with Crippen LogP contribution in [0.4, 0.5) is 5.82 Å². The third-order valence-electron chi connectivity index (χ3n) is 4.63. The van der Waals surface area contributed by atoms with Gasteiger partial charge in [0.25, 0.3) is 5.91 Å². The Morgan fingerprint density at radius 2 is 2.04 bits per heavy atom. The molecule has 2 heterocycles. The molecule has 0 bridgehead atoms. The third kappa shape index (κ3) is 4.46. The van der Waals surface area contributed by atoms with Gasteiger partial charge in [-0.25, -0.2) is 4.98 Å². The maximum atomic E-state index is 12.8. The van der Waals surface area contributed by atoms with Crippen LogP contribution in [0.3, 0.4) is 0 Å². The average molecular weight is 353 g/mol. The zero-order chi connectivity index (χ0) is 18.5. The number of nitrogens with zero attached hydrogens (tertiary/aromatic N) is 2. The first-order valence-corrected chi connectivity index (χ1v) is 8.78. The standard InChI is InChI=1S/C20H23N3O3/c1-14(24)22-19-12-16(7-9-21-19)20(26)23-10-8-18(25)17(13-23)11-15-5-3-2-4-6-15/h2-7,9,12,17-18,25H,8,10-11,13H2,1H3,(H,21,22,24)/t17-,18+/m1/s1. The van der Waals surface area contributed by atoms with Gasteiger partial charge in [0.2, 0.25) is 5.91 Å². The molecule has 6 heteroatoms. The van der Waals surface area contributed by atoms with Crippen LogP contribution in [0.25, 0.3) is 0 Å². The Kier molecular flexibility index (Phi) is 5.63. The van der Waals surface area contributed by atoms with Gasteiger partial charge in [-0.1, -0.05) is 30.3 Å².